The number of aliphatic carboxylic acids is 1. The van der Waals surface area contributed by atoms with Gasteiger partial charge in [-0.15, -0.1) is 0 Å². The molecular formula is C20H18BrClF3NO2. The Morgan fingerprint density at radius 2 is 1.93 bits per heavy atom. The number of carbonyl (C=O) groups is 1. The van der Waals surface area contributed by atoms with Gasteiger partial charge >= 0.3 is 12.1 Å². The molecule has 1 aliphatic rings. The summed E-state index contributed by atoms with van der Waals surface area (Å²) in [6, 6.07) is 10.7. The van der Waals surface area contributed by atoms with Crippen molar-refractivity contribution in [1.82, 2.24) is 4.90 Å². The van der Waals surface area contributed by atoms with E-state index < -0.39 is 29.7 Å². The van der Waals surface area contributed by atoms with Crippen molar-refractivity contribution in [3.8, 4) is 0 Å². The molecule has 0 spiro atoms. The fraction of sp³-hybridized carbons (Fsp3) is 0.350. The molecule has 0 aliphatic carbocycles. The smallest absolute Gasteiger partial charge is 0.417 e. The summed E-state index contributed by atoms with van der Waals surface area (Å²) < 4.78 is 41.0. The van der Waals surface area contributed by atoms with E-state index in [1.807, 2.05) is 29.2 Å². The quantitative estimate of drug-likeness (QED) is 0.588. The molecule has 28 heavy (non-hydrogen) atoms. The minimum atomic E-state index is -4.57. The van der Waals surface area contributed by atoms with E-state index in [0.29, 0.717) is 24.9 Å². The minimum Gasteiger partial charge on any atom is -0.481 e. The van der Waals surface area contributed by atoms with Crippen LogP contribution in [0, 0.1) is 5.92 Å². The predicted molar refractivity (Wildman–Crippen MR) is 104 cm³/mol. The van der Waals surface area contributed by atoms with Crippen molar-refractivity contribution in [3.05, 3.63) is 68.7 Å². The molecule has 1 fully saturated rings. The van der Waals surface area contributed by atoms with Crippen molar-refractivity contribution in [3.63, 3.8) is 0 Å². The van der Waals surface area contributed by atoms with Gasteiger partial charge in [0.05, 0.1) is 22.5 Å². The number of likely N-dealkylation sites (tertiary alicyclic amines) is 1. The van der Waals surface area contributed by atoms with Crippen LogP contribution in [0.5, 0.6) is 0 Å². The number of rotatable bonds is 4. The topological polar surface area (TPSA) is 40.5 Å². The Kier molecular flexibility index (Phi) is 6.37. The van der Waals surface area contributed by atoms with Gasteiger partial charge in [0.2, 0.25) is 0 Å². The molecule has 1 saturated heterocycles. The third kappa shape index (κ3) is 4.70. The Morgan fingerprint density at radius 1 is 1.21 bits per heavy atom. The van der Waals surface area contributed by atoms with Crippen molar-refractivity contribution >= 4 is 33.5 Å². The molecule has 3 nitrogen and oxygen atoms in total. The molecule has 2 atom stereocenters. The first-order chi connectivity index (χ1) is 13.2. The van der Waals surface area contributed by atoms with Crippen molar-refractivity contribution < 1.29 is 23.1 Å². The second-order valence-corrected chi connectivity index (χ2v) is 8.19. The summed E-state index contributed by atoms with van der Waals surface area (Å²) in [6.45, 7) is 0.876. The van der Waals surface area contributed by atoms with Crippen molar-refractivity contribution in [1.29, 1.82) is 0 Å². The molecule has 1 heterocycles. The van der Waals surface area contributed by atoms with Gasteiger partial charge in [0.15, 0.2) is 0 Å². The normalized spacial score (nSPS) is 19.4. The standard InChI is InChI=1S/C20H18BrClF3NO2/c21-15-5-1-3-12(9-15)18(26-8-2-4-14(11-26)19(27)28)13-6-7-17(22)16(10-13)20(23,24)25/h1,3,5-7,9-10,14,18H,2,4,8,11H2,(H,27,28). The van der Waals surface area contributed by atoms with E-state index >= 15 is 0 Å². The third-order valence-electron chi connectivity index (χ3n) is 4.94. The summed E-state index contributed by atoms with van der Waals surface area (Å²) in [7, 11) is 0. The van der Waals surface area contributed by atoms with Gasteiger partial charge in [0.1, 0.15) is 0 Å². The number of piperidine rings is 1. The van der Waals surface area contributed by atoms with Gasteiger partial charge in [-0.05, 0) is 54.8 Å². The van der Waals surface area contributed by atoms with E-state index in [1.54, 1.807) is 6.07 Å². The molecule has 2 unspecified atom stereocenters. The zero-order valence-corrected chi connectivity index (χ0v) is 17.1. The summed E-state index contributed by atoms with van der Waals surface area (Å²) in [5.41, 5.74) is 0.329. The summed E-state index contributed by atoms with van der Waals surface area (Å²) in [6.07, 6.45) is -3.34. The Morgan fingerprint density at radius 3 is 2.57 bits per heavy atom. The highest BCUT2D eigenvalue weighted by molar-refractivity contribution is 9.10. The molecule has 0 radical (unpaired) electrons. The second-order valence-electron chi connectivity index (χ2n) is 6.87. The molecular weight excluding hydrogens is 459 g/mol. The number of alkyl halides is 3. The summed E-state index contributed by atoms with van der Waals surface area (Å²) in [5, 5.41) is 9.05. The highest BCUT2D eigenvalue weighted by atomic mass is 79.9. The zero-order valence-electron chi connectivity index (χ0n) is 14.7. The summed E-state index contributed by atoms with van der Waals surface area (Å²) in [5.74, 6) is -1.43. The number of hydrogen-bond acceptors (Lipinski definition) is 2. The number of carboxylic acids is 1. The lowest BCUT2D eigenvalue weighted by atomic mass is 9.91. The maximum absolute atomic E-state index is 13.4. The highest BCUT2D eigenvalue weighted by Crippen LogP contribution is 2.39. The molecule has 0 bridgehead atoms. The van der Waals surface area contributed by atoms with Crippen LogP contribution in [0.2, 0.25) is 5.02 Å². The number of nitrogens with zero attached hydrogens (tertiary/aromatic N) is 1. The summed E-state index contributed by atoms with van der Waals surface area (Å²) in [4.78, 5) is 13.4. The molecule has 150 valence electrons. The van der Waals surface area contributed by atoms with Crippen LogP contribution in [-0.2, 0) is 11.0 Å². The molecule has 0 aromatic heterocycles. The Hall–Kier alpha value is -1.57. The number of halogens is 5. The van der Waals surface area contributed by atoms with Crippen LogP contribution in [0.1, 0.15) is 35.6 Å². The number of carboxylic acid groups (broad SMARTS) is 1. The Bertz CT molecular complexity index is 875. The lowest BCUT2D eigenvalue weighted by Crippen LogP contribution is -2.41. The fourth-order valence-corrected chi connectivity index (χ4v) is 4.31. The molecule has 1 aliphatic heterocycles. The van der Waals surface area contributed by atoms with Crippen LogP contribution in [0.15, 0.2) is 46.9 Å². The lowest BCUT2D eigenvalue weighted by Gasteiger charge is -2.38. The second kappa shape index (κ2) is 8.43. The van der Waals surface area contributed by atoms with Gasteiger partial charge in [-0.25, -0.2) is 0 Å². The van der Waals surface area contributed by atoms with Crippen LogP contribution in [-0.4, -0.2) is 29.1 Å². The van der Waals surface area contributed by atoms with Gasteiger partial charge in [-0.2, -0.15) is 13.2 Å². The first-order valence-electron chi connectivity index (χ1n) is 8.76. The van der Waals surface area contributed by atoms with Gasteiger partial charge in [0, 0.05) is 11.0 Å². The van der Waals surface area contributed by atoms with Crippen LogP contribution in [0.25, 0.3) is 0 Å². The van der Waals surface area contributed by atoms with E-state index in [1.165, 1.54) is 6.07 Å². The molecule has 2 aromatic carbocycles. The van der Waals surface area contributed by atoms with Gasteiger partial charge in [0.25, 0.3) is 0 Å². The minimum absolute atomic E-state index is 0.274. The summed E-state index contributed by atoms with van der Waals surface area (Å²) >= 11 is 9.19. The fourth-order valence-electron chi connectivity index (χ4n) is 3.66. The number of benzene rings is 2. The van der Waals surface area contributed by atoms with Crippen LogP contribution in [0.3, 0.4) is 0 Å². The van der Waals surface area contributed by atoms with E-state index in [0.717, 1.165) is 16.1 Å². The largest absolute Gasteiger partial charge is 0.481 e. The highest BCUT2D eigenvalue weighted by Gasteiger charge is 2.36. The molecule has 0 amide bonds. The SMILES string of the molecule is O=C(O)C1CCCN(C(c2cccc(Br)c2)c2ccc(Cl)c(C(F)(F)F)c2)C1. The van der Waals surface area contributed by atoms with E-state index in [9.17, 15) is 23.1 Å². The molecule has 1 N–H and O–H groups in total. The maximum Gasteiger partial charge on any atom is 0.417 e. The van der Waals surface area contributed by atoms with E-state index in [-0.39, 0.29) is 11.6 Å². The molecule has 0 saturated carbocycles. The third-order valence-corrected chi connectivity index (χ3v) is 5.77. The van der Waals surface area contributed by atoms with E-state index in [4.69, 9.17) is 11.6 Å². The lowest BCUT2D eigenvalue weighted by molar-refractivity contribution is -0.143. The van der Waals surface area contributed by atoms with Crippen LogP contribution < -0.4 is 0 Å². The average Bonchev–Trinajstić information content (AvgIpc) is 2.63. The monoisotopic (exact) mass is 475 g/mol. The van der Waals surface area contributed by atoms with Crippen molar-refractivity contribution in [2.45, 2.75) is 25.1 Å². The zero-order chi connectivity index (χ0) is 20.5. The molecule has 8 heteroatoms. The van der Waals surface area contributed by atoms with Gasteiger partial charge in [-0.3, -0.25) is 9.69 Å². The first kappa shape index (κ1) is 21.1. The first-order valence-corrected chi connectivity index (χ1v) is 9.93. The van der Waals surface area contributed by atoms with Crippen molar-refractivity contribution in [2.75, 3.05) is 13.1 Å². The Labute approximate surface area is 174 Å². The molecule has 2 aromatic rings. The maximum atomic E-state index is 13.4. The molecule has 3 rings (SSSR count). The average molecular weight is 477 g/mol. The number of hydrogen-bond donors (Lipinski definition) is 1. The van der Waals surface area contributed by atoms with E-state index in [2.05, 4.69) is 15.9 Å². The van der Waals surface area contributed by atoms with Gasteiger partial charge < -0.3 is 5.11 Å². The van der Waals surface area contributed by atoms with Crippen LogP contribution in [0.4, 0.5) is 13.2 Å². The predicted octanol–water partition coefficient (Wildman–Crippen LogP) is 6.01. The van der Waals surface area contributed by atoms with Gasteiger partial charge in [-0.1, -0.05) is 45.7 Å². The Balaban J connectivity index is 2.08. The van der Waals surface area contributed by atoms with Crippen molar-refractivity contribution in [2.24, 2.45) is 5.92 Å². The van der Waals surface area contributed by atoms with Crippen LogP contribution >= 0.6 is 27.5 Å².